The van der Waals surface area contributed by atoms with E-state index < -0.39 is 0 Å². The molecule has 2 aromatic carbocycles. The second-order valence-electron chi connectivity index (χ2n) is 5.75. The number of anilines is 2. The van der Waals surface area contributed by atoms with E-state index in [1.807, 2.05) is 6.07 Å². The van der Waals surface area contributed by atoms with Crippen molar-refractivity contribution in [3.63, 3.8) is 0 Å². The molecule has 3 nitrogen and oxygen atoms in total. The van der Waals surface area contributed by atoms with Crippen LogP contribution in [-0.4, -0.2) is 19.7 Å². The van der Waals surface area contributed by atoms with Gasteiger partial charge >= 0.3 is 0 Å². The summed E-state index contributed by atoms with van der Waals surface area (Å²) in [5, 5.41) is 3.48. The van der Waals surface area contributed by atoms with E-state index in [1.54, 1.807) is 0 Å². The van der Waals surface area contributed by atoms with Crippen molar-refractivity contribution in [1.82, 2.24) is 0 Å². The molecule has 0 aromatic heterocycles. The quantitative estimate of drug-likeness (QED) is 0.866. The standard InChI is InChI=1S/C18H20N2O/c1-2-6-18-15(4-1)13-20(10-11-21-18)16-7-8-17-14(12-16)5-3-9-19-17/h1-2,4,6-8,12,19H,3,5,9-11,13H2. The molecule has 108 valence electrons. The van der Waals surface area contributed by atoms with Gasteiger partial charge in [-0.05, 0) is 42.7 Å². The zero-order valence-electron chi connectivity index (χ0n) is 12.1. The van der Waals surface area contributed by atoms with Gasteiger partial charge in [-0.3, -0.25) is 0 Å². The fourth-order valence-electron chi connectivity index (χ4n) is 3.20. The Morgan fingerprint density at radius 2 is 2.00 bits per heavy atom. The second-order valence-corrected chi connectivity index (χ2v) is 5.75. The Hall–Kier alpha value is -2.16. The van der Waals surface area contributed by atoms with E-state index in [-0.39, 0.29) is 0 Å². The van der Waals surface area contributed by atoms with Gasteiger partial charge in [0.2, 0.25) is 0 Å². The predicted molar refractivity (Wildman–Crippen MR) is 86.2 cm³/mol. The van der Waals surface area contributed by atoms with Crippen molar-refractivity contribution in [2.75, 3.05) is 29.9 Å². The third-order valence-electron chi connectivity index (χ3n) is 4.34. The summed E-state index contributed by atoms with van der Waals surface area (Å²) in [6, 6.07) is 15.1. The van der Waals surface area contributed by atoms with Crippen LogP contribution in [0, 0.1) is 0 Å². The predicted octanol–water partition coefficient (Wildman–Crippen LogP) is 3.44. The lowest BCUT2D eigenvalue weighted by Gasteiger charge is -2.25. The van der Waals surface area contributed by atoms with Crippen LogP contribution in [0.5, 0.6) is 5.75 Å². The molecule has 2 aliphatic rings. The lowest BCUT2D eigenvalue weighted by molar-refractivity contribution is 0.331. The Morgan fingerprint density at radius 3 is 3.00 bits per heavy atom. The first kappa shape index (κ1) is 12.6. The maximum Gasteiger partial charge on any atom is 0.124 e. The molecule has 3 heteroatoms. The van der Waals surface area contributed by atoms with Crippen LogP contribution in [0.2, 0.25) is 0 Å². The molecule has 0 amide bonds. The average Bonchev–Trinajstić information content (AvgIpc) is 2.76. The van der Waals surface area contributed by atoms with Crippen molar-refractivity contribution in [2.45, 2.75) is 19.4 Å². The maximum absolute atomic E-state index is 5.86. The Kier molecular flexibility index (Phi) is 3.18. The van der Waals surface area contributed by atoms with Crippen LogP contribution in [-0.2, 0) is 13.0 Å². The van der Waals surface area contributed by atoms with Crippen LogP contribution in [0.1, 0.15) is 17.5 Å². The molecule has 0 atom stereocenters. The summed E-state index contributed by atoms with van der Waals surface area (Å²) >= 11 is 0. The smallest absolute Gasteiger partial charge is 0.124 e. The number of hydrogen-bond acceptors (Lipinski definition) is 3. The molecular formula is C18H20N2O. The number of aryl methyl sites for hydroxylation is 1. The first-order valence-corrected chi connectivity index (χ1v) is 7.72. The minimum absolute atomic E-state index is 0.742. The van der Waals surface area contributed by atoms with Gasteiger partial charge in [-0.1, -0.05) is 18.2 Å². The monoisotopic (exact) mass is 280 g/mol. The van der Waals surface area contributed by atoms with E-state index in [4.69, 9.17) is 4.74 Å². The molecule has 0 saturated heterocycles. The molecule has 2 aromatic rings. The Bertz CT molecular complexity index is 653. The summed E-state index contributed by atoms with van der Waals surface area (Å²) in [6.45, 7) is 3.69. The maximum atomic E-state index is 5.86. The number of nitrogens with zero attached hydrogens (tertiary/aromatic N) is 1. The Balaban J connectivity index is 1.64. The van der Waals surface area contributed by atoms with E-state index in [9.17, 15) is 0 Å². The van der Waals surface area contributed by atoms with Gasteiger partial charge in [-0.15, -0.1) is 0 Å². The molecule has 2 aliphatic heterocycles. The molecule has 1 N–H and O–H groups in total. The summed E-state index contributed by atoms with van der Waals surface area (Å²) in [4.78, 5) is 2.42. The Morgan fingerprint density at radius 1 is 1.05 bits per heavy atom. The van der Waals surface area contributed by atoms with Crippen molar-refractivity contribution < 1.29 is 4.74 Å². The van der Waals surface area contributed by atoms with Crippen molar-refractivity contribution in [1.29, 1.82) is 0 Å². The molecule has 0 saturated carbocycles. The summed E-state index contributed by atoms with van der Waals surface area (Å²) in [5.74, 6) is 1.03. The summed E-state index contributed by atoms with van der Waals surface area (Å²) in [7, 11) is 0. The normalized spacial score (nSPS) is 17.0. The highest BCUT2D eigenvalue weighted by molar-refractivity contribution is 5.62. The van der Waals surface area contributed by atoms with E-state index >= 15 is 0 Å². The molecular weight excluding hydrogens is 260 g/mol. The Labute approximate surface area is 125 Å². The van der Waals surface area contributed by atoms with Crippen LogP contribution < -0.4 is 15.0 Å². The first-order valence-electron chi connectivity index (χ1n) is 7.72. The zero-order valence-corrected chi connectivity index (χ0v) is 12.1. The number of para-hydroxylation sites is 1. The van der Waals surface area contributed by atoms with Gasteiger partial charge in [-0.2, -0.15) is 0 Å². The fraction of sp³-hybridized carbons (Fsp3) is 0.333. The second kappa shape index (κ2) is 5.32. The number of rotatable bonds is 1. The molecule has 0 bridgehead atoms. The topological polar surface area (TPSA) is 24.5 Å². The van der Waals surface area contributed by atoms with E-state index in [1.165, 1.54) is 35.3 Å². The minimum atomic E-state index is 0.742. The number of nitrogens with one attached hydrogen (secondary N) is 1. The van der Waals surface area contributed by atoms with Crippen molar-refractivity contribution in [3.05, 3.63) is 53.6 Å². The lowest BCUT2D eigenvalue weighted by Crippen LogP contribution is -2.25. The molecule has 0 radical (unpaired) electrons. The van der Waals surface area contributed by atoms with Gasteiger partial charge in [0.15, 0.2) is 0 Å². The number of benzene rings is 2. The third-order valence-corrected chi connectivity index (χ3v) is 4.34. The van der Waals surface area contributed by atoms with Crippen LogP contribution in [0.25, 0.3) is 0 Å². The summed E-state index contributed by atoms with van der Waals surface area (Å²) < 4.78 is 5.86. The lowest BCUT2D eigenvalue weighted by atomic mass is 10.0. The van der Waals surface area contributed by atoms with E-state index in [0.29, 0.717) is 0 Å². The van der Waals surface area contributed by atoms with Crippen molar-refractivity contribution >= 4 is 11.4 Å². The average molecular weight is 280 g/mol. The number of ether oxygens (including phenoxy) is 1. The molecule has 2 heterocycles. The van der Waals surface area contributed by atoms with Gasteiger partial charge in [-0.25, -0.2) is 0 Å². The molecule has 4 rings (SSSR count). The summed E-state index contributed by atoms with van der Waals surface area (Å²) in [5.41, 5.74) is 5.32. The fourth-order valence-corrected chi connectivity index (χ4v) is 3.20. The molecule has 0 unspecified atom stereocenters. The summed E-state index contributed by atoms with van der Waals surface area (Å²) in [6.07, 6.45) is 2.40. The highest BCUT2D eigenvalue weighted by atomic mass is 16.5. The van der Waals surface area contributed by atoms with Gasteiger partial charge in [0, 0.05) is 30.0 Å². The third kappa shape index (κ3) is 2.44. The minimum Gasteiger partial charge on any atom is -0.491 e. The van der Waals surface area contributed by atoms with Crippen LogP contribution in [0.3, 0.4) is 0 Å². The van der Waals surface area contributed by atoms with Crippen molar-refractivity contribution in [3.8, 4) is 5.75 Å². The SMILES string of the molecule is c1ccc2c(c1)CN(c1ccc3c(c1)CCCN3)CCO2. The number of fused-ring (bicyclic) bond motifs is 2. The van der Waals surface area contributed by atoms with Gasteiger partial charge < -0.3 is 15.0 Å². The van der Waals surface area contributed by atoms with Crippen LogP contribution in [0.4, 0.5) is 11.4 Å². The van der Waals surface area contributed by atoms with Gasteiger partial charge in [0.25, 0.3) is 0 Å². The van der Waals surface area contributed by atoms with Crippen molar-refractivity contribution in [2.24, 2.45) is 0 Å². The molecule has 0 aliphatic carbocycles. The highest BCUT2D eigenvalue weighted by Crippen LogP contribution is 2.30. The van der Waals surface area contributed by atoms with Gasteiger partial charge in [0.1, 0.15) is 12.4 Å². The van der Waals surface area contributed by atoms with Gasteiger partial charge in [0.05, 0.1) is 6.54 Å². The van der Waals surface area contributed by atoms with Crippen LogP contribution in [0.15, 0.2) is 42.5 Å². The highest BCUT2D eigenvalue weighted by Gasteiger charge is 2.17. The molecule has 0 spiro atoms. The number of hydrogen-bond donors (Lipinski definition) is 1. The van der Waals surface area contributed by atoms with E-state index in [0.717, 1.165) is 32.0 Å². The largest absolute Gasteiger partial charge is 0.491 e. The van der Waals surface area contributed by atoms with E-state index in [2.05, 4.69) is 46.6 Å². The molecule has 0 fully saturated rings. The zero-order chi connectivity index (χ0) is 14.1. The van der Waals surface area contributed by atoms with Crippen LogP contribution >= 0.6 is 0 Å². The first-order chi connectivity index (χ1) is 10.4. The molecule has 21 heavy (non-hydrogen) atoms.